The molecule has 1 N–H and O–H groups in total. The molecule has 1 rings (SSSR count). The zero-order valence-electron chi connectivity index (χ0n) is 8.80. The van der Waals surface area contributed by atoms with Crippen LogP contribution in [0.15, 0.2) is 0 Å². The van der Waals surface area contributed by atoms with Gasteiger partial charge in [-0.05, 0) is 12.8 Å². The van der Waals surface area contributed by atoms with Crippen LogP contribution in [-0.2, 0) is 9.59 Å². The van der Waals surface area contributed by atoms with Gasteiger partial charge in [0.05, 0.1) is 0 Å². The molecule has 0 saturated carbocycles. The predicted molar refractivity (Wildman–Crippen MR) is 58.8 cm³/mol. The highest BCUT2D eigenvalue weighted by Gasteiger charge is 2.17. The van der Waals surface area contributed by atoms with Crippen molar-refractivity contribution in [3.05, 3.63) is 0 Å². The first-order valence-corrected chi connectivity index (χ1v) is 5.88. The number of likely N-dealkylation sites (tertiary alicyclic amines) is 1. The van der Waals surface area contributed by atoms with E-state index in [1.165, 1.54) is 0 Å². The van der Waals surface area contributed by atoms with Crippen LogP contribution in [-0.4, -0.2) is 42.2 Å². The minimum Gasteiger partial charge on any atom is -0.356 e. The Balaban J connectivity index is 2.08. The molecule has 0 radical (unpaired) electrons. The Labute approximate surface area is 95.0 Å². The fourth-order valence-corrected chi connectivity index (χ4v) is 1.78. The number of nitrogens with zero attached hydrogens (tertiary/aromatic N) is 1. The Morgan fingerprint density at radius 2 is 1.87 bits per heavy atom. The SMILES string of the molecule is O=C(CCCl)NCCC(=O)N1CCCC1. The fraction of sp³-hybridized carbons (Fsp3) is 0.800. The summed E-state index contributed by atoms with van der Waals surface area (Å²) in [5.41, 5.74) is 0. The van der Waals surface area contributed by atoms with Crippen LogP contribution in [0.25, 0.3) is 0 Å². The van der Waals surface area contributed by atoms with Crippen molar-refractivity contribution in [3.8, 4) is 0 Å². The van der Waals surface area contributed by atoms with Crippen LogP contribution in [0.4, 0.5) is 0 Å². The molecule has 1 fully saturated rings. The number of carbonyl (C=O) groups excluding carboxylic acids is 2. The van der Waals surface area contributed by atoms with E-state index in [0.29, 0.717) is 25.3 Å². The van der Waals surface area contributed by atoms with E-state index in [-0.39, 0.29) is 11.8 Å². The van der Waals surface area contributed by atoms with Crippen molar-refractivity contribution in [2.45, 2.75) is 25.7 Å². The topological polar surface area (TPSA) is 49.4 Å². The second-order valence-corrected chi connectivity index (χ2v) is 4.00. The second kappa shape index (κ2) is 6.67. The second-order valence-electron chi connectivity index (χ2n) is 3.63. The van der Waals surface area contributed by atoms with E-state index in [0.717, 1.165) is 25.9 Å². The third kappa shape index (κ3) is 4.51. The average Bonchev–Trinajstić information content (AvgIpc) is 2.70. The molecule has 0 aliphatic carbocycles. The quantitative estimate of drug-likeness (QED) is 0.711. The van der Waals surface area contributed by atoms with Gasteiger partial charge < -0.3 is 10.2 Å². The molecule has 0 bridgehead atoms. The first-order chi connectivity index (χ1) is 7.24. The number of amides is 2. The van der Waals surface area contributed by atoms with Gasteiger partial charge >= 0.3 is 0 Å². The molecule has 4 nitrogen and oxygen atoms in total. The largest absolute Gasteiger partial charge is 0.356 e. The summed E-state index contributed by atoms with van der Waals surface area (Å²) in [7, 11) is 0. The lowest BCUT2D eigenvalue weighted by Crippen LogP contribution is -2.32. The standard InChI is InChI=1S/C10H17ClN2O2/c11-5-3-9(14)12-6-4-10(15)13-7-1-2-8-13/h1-8H2,(H,12,14). The van der Waals surface area contributed by atoms with Crippen molar-refractivity contribution in [1.82, 2.24) is 10.2 Å². The maximum atomic E-state index is 11.5. The average molecular weight is 233 g/mol. The number of carbonyl (C=O) groups is 2. The minimum atomic E-state index is -0.0841. The molecule has 5 heteroatoms. The number of hydrogen-bond donors (Lipinski definition) is 1. The maximum absolute atomic E-state index is 11.5. The molecule has 15 heavy (non-hydrogen) atoms. The van der Waals surface area contributed by atoms with Crippen LogP contribution in [0.3, 0.4) is 0 Å². The summed E-state index contributed by atoms with van der Waals surface area (Å²) >= 11 is 5.41. The summed E-state index contributed by atoms with van der Waals surface area (Å²) in [5, 5.41) is 2.67. The van der Waals surface area contributed by atoms with Crippen molar-refractivity contribution in [3.63, 3.8) is 0 Å². The van der Waals surface area contributed by atoms with Crippen LogP contribution >= 0.6 is 11.6 Å². The van der Waals surface area contributed by atoms with Gasteiger partial charge in [0.2, 0.25) is 11.8 Å². The monoisotopic (exact) mass is 232 g/mol. The summed E-state index contributed by atoms with van der Waals surface area (Å²) in [6.07, 6.45) is 2.92. The Kier molecular flexibility index (Phi) is 5.47. The number of nitrogens with one attached hydrogen (secondary N) is 1. The number of halogens is 1. The summed E-state index contributed by atoms with van der Waals surface area (Å²) in [4.78, 5) is 24.4. The number of alkyl halides is 1. The van der Waals surface area contributed by atoms with Crippen LogP contribution in [0.1, 0.15) is 25.7 Å². The summed E-state index contributed by atoms with van der Waals surface area (Å²) < 4.78 is 0. The molecule has 2 amide bonds. The van der Waals surface area contributed by atoms with Crippen LogP contribution < -0.4 is 5.32 Å². The van der Waals surface area contributed by atoms with E-state index in [9.17, 15) is 9.59 Å². The van der Waals surface area contributed by atoms with E-state index in [4.69, 9.17) is 11.6 Å². The van der Waals surface area contributed by atoms with Gasteiger partial charge in [-0.3, -0.25) is 9.59 Å². The Morgan fingerprint density at radius 1 is 1.20 bits per heavy atom. The molecule has 0 aromatic heterocycles. The minimum absolute atomic E-state index is 0.0841. The molecule has 0 spiro atoms. The fourth-order valence-electron chi connectivity index (χ4n) is 1.61. The molecule has 0 aromatic carbocycles. The van der Waals surface area contributed by atoms with Gasteiger partial charge in [0.15, 0.2) is 0 Å². The van der Waals surface area contributed by atoms with E-state index in [2.05, 4.69) is 5.32 Å². The van der Waals surface area contributed by atoms with Gasteiger partial charge in [-0.25, -0.2) is 0 Å². The molecule has 0 unspecified atom stereocenters. The third-order valence-electron chi connectivity index (χ3n) is 2.44. The molecule has 1 saturated heterocycles. The third-order valence-corrected chi connectivity index (χ3v) is 2.63. The molecular weight excluding hydrogens is 216 g/mol. The maximum Gasteiger partial charge on any atom is 0.224 e. The molecule has 1 aliphatic rings. The van der Waals surface area contributed by atoms with Crippen molar-refractivity contribution in [2.24, 2.45) is 0 Å². The van der Waals surface area contributed by atoms with E-state index < -0.39 is 0 Å². The molecule has 1 aliphatic heterocycles. The van der Waals surface area contributed by atoms with Gasteiger partial charge in [0, 0.05) is 38.4 Å². The van der Waals surface area contributed by atoms with Crippen molar-refractivity contribution in [1.29, 1.82) is 0 Å². The Morgan fingerprint density at radius 3 is 2.47 bits per heavy atom. The van der Waals surface area contributed by atoms with Gasteiger partial charge in [0.1, 0.15) is 0 Å². The number of hydrogen-bond acceptors (Lipinski definition) is 2. The van der Waals surface area contributed by atoms with Gasteiger partial charge in [-0.2, -0.15) is 0 Å². The number of rotatable bonds is 5. The first-order valence-electron chi connectivity index (χ1n) is 5.34. The van der Waals surface area contributed by atoms with E-state index in [1.807, 2.05) is 4.90 Å². The van der Waals surface area contributed by atoms with E-state index in [1.54, 1.807) is 0 Å². The van der Waals surface area contributed by atoms with Gasteiger partial charge in [0.25, 0.3) is 0 Å². The highest BCUT2D eigenvalue weighted by Crippen LogP contribution is 2.08. The van der Waals surface area contributed by atoms with E-state index >= 15 is 0 Å². The predicted octanol–water partition coefficient (Wildman–Crippen LogP) is 0.744. The zero-order valence-corrected chi connectivity index (χ0v) is 9.55. The lowest BCUT2D eigenvalue weighted by molar-refractivity contribution is -0.130. The first kappa shape index (κ1) is 12.3. The normalized spacial score (nSPS) is 15.4. The Hall–Kier alpha value is -0.770. The molecule has 1 heterocycles. The van der Waals surface area contributed by atoms with Crippen molar-refractivity contribution in [2.75, 3.05) is 25.5 Å². The van der Waals surface area contributed by atoms with Gasteiger partial charge in [-0.15, -0.1) is 11.6 Å². The summed E-state index contributed by atoms with van der Waals surface area (Å²) in [6, 6.07) is 0. The van der Waals surface area contributed by atoms with Crippen LogP contribution in [0, 0.1) is 0 Å². The van der Waals surface area contributed by atoms with Gasteiger partial charge in [-0.1, -0.05) is 0 Å². The molecule has 86 valence electrons. The Bertz CT molecular complexity index is 227. The highest BCUT2D eigenvalue weighted by molar-refractivity contribution is 6.18. The summed E-state index contributed by atoms with van der Waals surface area (Å²) in [6.45, 7) is 2.16. The zero-order chi connectivity index (χ0) is 11.1. The molecule has 0 aromatic rings. The highest BCUT2D eigenvalue weighted by atomic mass is 35.5. The van der Waals surface area contributed by atoms with Crippen molar-refractivity contribution < 1.29 is 9.59 Å². The molecular formula is C10H17ClN2O2. The van der Waals surface area contributed by atoms with Crippen molar-refractivity contribution >= 4 is 23.4 Å². The lowest BCUT2D eigenvalue weighted by atomic mass is 10.3. The van der Waals surface area contributed by atoms with Crippen LogP contribution in [0.2, 0.25) is 0 Å². The molecule has 0 atom stereocenters. The lowest BCUT2D eigenvalue weighted by Gasteiger charge is -2.14. The smallest absolute Gasteiger partial charge is 0.224 e. The summed E-state index contributed by atoms with van der Waals surface area (Å²) in [5.74, 6) is 0.379. The van der Waals surface area contributed by atoms with Crippen LogP contribution in [0.5, 0.6) is 0 Å².